The Hall–Kier alpha value is -1.80. The summed E-state index contributed by atoms with van der Waals surface area (Å²) in [5, 5.41) is 20.4. The summed E-state index contributed by atoms with van der Waals surface area (Å²) in [5.41, 5.74) is 1.67. The molecule has 6 atom stereocenters. The summed E-state index contributed by atoms with van der Waals surface area (Å²) in [6.07, 6.45) is -4.13. The molecule has 138 valence electrons. The van der Waals surface area contributed by atoms with Crippen LogP contribution in [0.5, 0.6) is 0 Å². The van der Waals surface area contributed by atoms with Gasteiger partial charge in [0, 0.05) is 11.1 Å². The van der Waals surface area contributed by atoms with Crippen LogP contribution in [-0.2, 0) is 18.9 Å². The van der Waals surface area contributed by atoms with Gasteiger partial charge in [-0.15, -0.1) is 0 Å². The van der Waals surface area contributed by atoms with Gasteiger partial charge in [-0.3, -0.25) is 0 Å². The topological polar surface area (TPSA) is 77.4 Å². The largest absolute Gasteiger partial charge is 0.394 e. The predicted octanol–water partition coefficient (Wildman–Crippen LogP) is 1.94. The van der Waals surface area contributed by atoms with E-state index >= 15 is 0 Å². The van der Waals surface area contributed by atoms with Crippen molar-refractivity contribution < 1.29 is 29.2 Å². The molecule has 4 rings (SSSR count). The Morgan fingerprint density at radius 1 is 0.769 bits per heavy atom. The molecule has 0 radical (unpaired) electrons. The van der Waals surface area contributed by atoms with E-state index in [0.29, 0.717) is 0 Å². The van der Waals surface area contributed by atoms with E-state index in [2.05, 4.69) is 0 Å². The average molecular weight is 358 g/mol. The Bertz CT molecular complexity index is 694. The lowest BCUT2D eigenvalue weighted by atomic mass is 10.0. The Kier molecular flexibility index (Phi) is 5.31. The summed E-state index contributed by atoms with van der Waals surface area (Å²) in [7, 11) is 0. The van der Waals surface area contributed by atoms with Gasteiger partial charge in [0.1, 0.15) is 24.4 Å². The van der Waals surface area contributed by atoms with Crippen molar-refractivity contribution in [1.82, 2.24) is 0 Å². The molecule has 26 heavy (non-hydrogen) atoms. The van der Waals surface area contributed by atoms with E-state index in [1.165, 1.54) is 0 Å². The molecule has 2 fully saturated rings. The fourth-order valence-electron chi connectivity index (χ4n) is 3.34. The SMILES string of the molecule is OC[C@@H]1OC(c2ccccc2)OC[C@@H](O)[C@H]2OC(c3ccccc3)O[C@@H]21. The summed E-state index contributed by atoms with van der Waals surface area (Å²) in [6, 6.07) is 18.9. The number of ether oxygens (including phenoxy) is 4. The van der Waals surface area contributed by atoms with Crippen LogP contribution in [0.4, 0.5) is 0 Å². The molecule has 6 nitrogen and oxygen atoms in total. The number of fused-ring (bicyclic) bond motifs is 1. The lowest BCUT2D eigenvalue weighted by Crippen LogP contribution is -2.49. The smallest absolute Gasteiger partial charge is 0.184 e. The van der Waals surface area contributed by atoms with E-state index < -0.39 is 37.0 Å². The van der Waals surface area contributed by atoms with Crippen LogP contribution in [0, 0.1) is 0 Å². The molecule has 0 amide bonds. The lowest BCUT2D eigenvalue weighted by molar-refractivity contribution is -0.239. The van der Waals surface area contributed by atoms with Crippen LogP contribution in [-0.4, -0.2) is 47.8 Å². The molecule has 0 aromatic heterocycles. The zero-order valence-corrected chi connectivity index (χ0v) is 14.2. The third-order valence-electron chi connectivity index (χ3n) is 4.67. The minimum Gasteiger partial charge on any atom is -0.394 e. The van der Waals surface area contributed by atoms with Crippen molar-refractivity contribution in [2.45, 2.75) is 37.0 Å². The van der Waals surface area contributed by atoms with Crippen molar-refractivity contribution in [3.8, 4) is 0 Å². The quantitative estimate of drug-likeness (QED) is 0.873. The standard InChI is InChI=1S/C20H22O6/c21-11-16-18-17(25-20(26-18)14-9-5-2-6-10-14)15(22)12-23-19(24-16)13-7-3-1-4-8-13/h1-10,15-22H,11-12H2/t15-,16+,17-,18-,19?,20?/m1/s1. The first-order chi connectivity index (χ1) is 12.8. The first-order valence-electron chi connectivity index (χ1n) is 8.73. The van der Waals surface area contributed by atoms with Gasteiger partial charge in [-0.2, -0.15) is 0 Å². The molecular formula is C20H22O6. The number of hydrogen-bond donors (Lipinski definition) is 2. The van der Waals surface area contributed by atoms with Crippen molar-refractivity contribution >= 4 is 0 Å². The maximum atomic E-state index is 10.6. The maximum Gasteiger partial charge on any atom is 0.184 e. The van der Waals surface area contributed by atoms with Crippen LogP contribution in [0.2, 0.25) is 0 Å². The first kappa shape index (κ1) is 17.6. The van der Waals surface area contributed by atoms with Gasteiger partial charge in [0.15, 0.2) is 12.6 Å². The van der Waals surface area contributed by atoms with Crippen molar-refractivity contribution in [2.24, 2.45) is 0 Å². The number of aliphatic hydroxyl groups excluding tert-OH is 2. The molecule has 2 aromatic carbocycles. The Labute approximate surface area is 151 Å². The van der Waals surface area contributed by atoms with Gasteiger partial charge in [0.05, 0.1) is 13.2 Å². The van der Waals surface area contributed by atoms with E-state index in [1.807, 2.05) is 60.7 Å². The molecule has 0 aliphatic carbocycles. The average Bonchev–Trinajstić information content (AvgIpc) is 3.13. The molecule has 0 bridgehead atoms. The van der Waals surface area contributed by atoms with Gasteiger partial charge in [-0.1, -0.05) is 60.7 Å². The van der Waals surface area contributed by atoms with Gasteiger partial charge in [-0.05, 0) is 0 Å². The van der Waals surface area contributed by atoms with E-state index in [9.17, 15) is 10.2 Å². The van der Waals surface area contributed by atoms with Gasteiger partial charge in [0.25, 0.3) is 0 Å². The van der Waals surface area contributed by atoms with Gasteiger partial charge < -0.3 is 29.2 Å². The van der Waals surface area contributed by atoms with E-state index in [-0.39, 0.29) is 13.2 Å². The van der Waals surface area contributed by atoms with Crippen molar-refractivity contribution in [3.63, 3.8) is 0 Å². The molecule has 2 N–H and O–H groups in total. The normalized spacial score (nSPS) is 34.7. The Balaban J connectivity index is 1.57. The van der Waals surface area contributed by atoms with Gasteiger partial charge in [0.2, 0.25) is 0 Å². The highest BCUT2D eigenvalue weighted by atomic mass is 16.8. The van der Waals surface area contributed by atoms with E-state index in [4.69, 9.17) is 18.9 Å². The summed E-state index contributed by atoms with van der Waals surface area (Å²) >= 11 is 0. The summed E-state index contributed by atoms with van der Waals surface area (Å²) in [5.74, 6) is 0. The number of hydrogen-bond acceptors (Lipinski definition) is 6. The van der Waals surface area contributed by atoms with E-state index in [1.54, 1.807) is 0 Å². The van der Waals surface area contributed by atoms with Crippen LogP contribution in [0.15, 0.2) is 60.7 Å². The van der Waals surface area contributed by atoms with Crippen LogP contribution in [0.3, 0.4) is 0 Å². The summed E-state index contributed by atoms with van der Waals surface area (Å²) < 4.78 is 23.7. The van der Waals surface area contributed by atoms with Crippen LogP contribution < -0.4 is 0 Å². The molecule has 2 saturated heterocycles. The van der Waals surface area contributed by atoms with Crippen molar-refractivity contribution in [3.05, 3.63) is 71.8 Å². The highest BCUT2D eigenvalue weighted by Crippen LogP contribution is 2.38. The number of aliphatic hydroxyl groups is 2. The molecular weight excluding hydrogens is 336 g/mol. The molecule has 2 heterocycles. The summed E-state index contributed by atoms with van der Waals surface area (Å²) in [6.45, 7) is -0.227. The second-order valence-corrected chi connectivity index (χ2v) is 6.44. The minimum atomic E-state index is -0.891. The highest BCUT2D eigenvalue weighted by Gasteiger charge is 2.47. The first-order valence-corrected chi connectivity index (χ1v) is 8.73. The molecule has 2 aliphatic rings. The summed E-state index contributed by atoms with van der Waals surface area (Å²) in [4.78, 5) is 0. The fourth-order valence-corrected chi connectivity index (χ4v) is 3.34. The number of benzene rings is 2. The lowest BCUT2D eigenvalue weighted by Gasteiger charge is -2.34. The van der Waals surface area contributed by atoms with E-state index in [0.717, 1.165) is 11.1 Å². The number of rotatable bonds is 3. The Morgan fingerprint density at radius 2 is 1.35 bits per heavy atom. The molecule has 2 aliphatic heterocycles. The highest BCUT2D eigenvalue weighted by molar-refractivity contribution is 5.18. The van der Waals surface area contributed by atoms with Crippen LogP contribution >= 0.6 is 0 Å². The maximum absolute atomic E-state index is 10.6. The molecule has 6 heteroatoms. The zero-order chi connectivity index (χ0) is 17.9. The van der Waals surface area contributed by atoms with Gasteiger partial charge in [-0.25, -0.2) is 0 Å². The molecule has 2 unspecified atom stereocenters. The second kappa shape index (κ2) is 7.84. The third kappa shape index (κ3) is 3.53. The zero-order valence-electron chi connectivity index (χ0n) is 14.2. The molecule has 2 aromatic rings. The van der Waals surface area contributed by atoms with Crippen molar-refractivity contribution in [2.75, 3.05) is 13.2 Å². The van der Waals surface area contributed by atoms with Gasteiger partial charge >= 0.3 is 0 Å². The monoisotopic (exact) mass is 358 g/mol. The third-order valence-corrected chi connectivity index (χ3v) is 4.67. The minimum absolute atomic E-state index is 0.0454. The second-order valence-electron chi connectivity index (χ2n) is 6.44. The van der Waals surface area contributed by atoms with Crippen LogP contribution in [0.1, 0.15) is 23.7 Å². The van der Waals surface area contributed by atoms with Crippen molar-refractivity contribution in [1.29, 1.82) is 0 Å². The fraction of sp³-hybridized carbons (Fsp3) is 0.400. The van der Waals surface area contributed by atoms with Crippen LogP contribution in [0.25, 0.3) is 0 Å². The molecule has 0 spiro atoms. The Morgan fingerprint density at radius 3 is 1.96 bits per heavy atom. The predicted molar refractivity (Wildman–Crippen MR) is 92.0 cm³/mol. The molecule has 0 saturated carbocycles.